The van der Waals surface area contributed by atoms with E-state index in [1.165, 1.54) is 11.8 Å². The third kappa shape index (κ3) is 2.74. The molecule has 1 aromatic heterocycles. The van der Waals surface area contributed by atoms with Crippen LogP contribution in [0.5, 0.6) is 0 Å². The van der Waals surface area contributed by atoms with Gasteiger partial charge >= 0.3 is 0 Å². The number of thiocarbonyl (C=S) groups is 1. The number of benzene rings is 1. The zero-order valence-electron chi connectivity index (χ0n) is 10.1. The molecule has 1 aliphatic heterocycles. The Morgan fingerprint density at radius 3 is 2.65 bits per heavy atom. The van der Waals surface area contributed by atoms with Gasteiger partial charge in [0, 0.05) is 14.7 Å². The maximum Gasteiger partial charge on any atom is 0.270 e. The van der Waals surface area contributed by atoms with E-state index in [0.29, 0.717) is 9.23 Å². The molecular formula is C14H8BrNOS3. The SMILES string of the molecule is O=C1/C(=C\c2cc(Br)cs2)SC(=S)N1c1ccccc1. The Kier molecular flexibility index (Phi) is 4.07. The van der Waals surface area contributed by atoms with Crippen LogP contribution in [0.2, 0.25) is 0 Å². The number of thioether (sulfide) groups is 1. The van der Waals surface area contributed by atoms with E-state index in [0.717, 1.165) is 15.0 Å². The number of thiophene rings is 1. The number of hydrogen-bond donors (Lipinski definition) is 0. The average Bonchev–Trinajstić information content (AvgIpc) is 2.96. The summed E-state index contributed by atoms with van der Waals surface area (Å²) in [7, 11) is 0. The van der Waals surface area contributed by atoms with Gasteiger partial charge < -0.3 is 0 Å². The second-order valence-corrected chi connectivity index (χ2v) is 7.55. The van der Waals surface area contributed by atoms with Crippen LogP contribution in [0, 0.1) is 0 Å². The maximum absolute atomic E-state index is 12.5. The van der Waals surface area contributed by atoms with Gasteiger partial charge in [0.05, 0.1) is 10.6 Å². The van der Waals surface area contributed by atoms with Crippen molar-refractivity contribution in [2.24, 2.45) is 0 Å². The number of rotatable bonds is 2. The zero-order valence-corrected chi connectivity index (χ0v) is 14.1. The summed E-state index contributed by atoms with van der Waals surface area (Å²) in [6.45, 7) is 0. The Labute approximate surface area is 138 Å². The quantitative estimate of drug-likeness (QED) is 0.543. The fraction of sp³-hybridized carbons (Fsp3) is 0. The van der Waals surface area contributed by atoms with Crippen molar-refractivity contribution in [1.82, 2.24) is 0 Å². The minimum atomic E-state index is -0.0595. The fourth-order valence-corrected chi connectivity index (χ4v) is 4.54. The number of anilines is 1. The van der Waals surface area contributed by atoms with Crippen molar-refractivity contribution < 1.29 is 4.79 Å². The van der Waals surface area contributed by atoms with Gasteiger partial charge in [-0.25, -0.2) is 0 Å². The van der Waals surface area contributed by atoms with E-state index in [9.17, 15) is 4.79 Å². The van der Waals surface area contributed by atoms with E-state index in [2.05, 4.69) is 15.9 Å². The van der Waals surface area contributed by atoms with Crippen LogP contribution in [0.4, 0.5) is 5.69 Å². The molecule has 1 saturated heterocycles. The molecule has 2 nitrogen and oxygen atoms in total. The average molecular weight is 382 g/mol. The molecule has 0 saturated carbocycles. The van der Waals surface area contributed by atoms with Crippen LogP contribution in [0.15, 0.2) is 51.2 Å². The normalized spacial score (nSPS) is 17.2. The highest BCUT2D eigenvalue weighted by Crippen LogP contribution is 2.36. The van der Waals surface area contributed by atoms with Gasteiger partial charge in [-0.3, -0.25) is 9.69 Å². The zero-order chi connectivity index (χ0) is 14.1. The van der Waals surface area contributed by atoms with Gasteiger partial charge in [0.1, 0.15) is 0 Å². The van der Waals surface area contributed by atoms with Crippen LogP contribution in [0.25, 0.3) is 6.08 Å². The van der Waals surface area contributed by atoms with Crippen molar-refractivity contribution in [1.29, 1.82) is 0 Å². The highest BCUT2D eigenvalue weighted by molar-refractivity contribution is 9.10. The van der Waals surface area contributed by atoms with Crippen molar-refractivity contribution in [3.8, 4) is 0 Å². The molecule has 1 fully saturated rings. The van der Waals surface area contributed by atoms with E-state index in [1.807, 2.05) is 47.9 Å². The Hall–Kier alpha value is -0.950. The van der Waals surface area contributed by atoms with E-state index < -0.39 is 0 Å². The van der Waals surface area contributed by atoms with Gasteiger partial charge in [-0.2, -0.15) is 0 Å². The summed E-state index contributed by atoms with van der Waals surface area (Å²) >= 11 is 11.7. The first-order chi connectivity index (χ1) is 9.65. The molecule has 0 aliphatic carbocycles. The monoisotopic (exact) mass is 381 g/mol. The summed E-state index contributed by atoms with van der Waals surface area (Å²) in [4.78, 5) is 15.7. The van der Waals surface area contributed by atoms with Crippen LogP contribution >= 0.6 is 51.2 Å². The molecule has 1 aromatic carbocycles. The predicted molar refractivity (Wildman–Crippen MR) is 94.1 cm³/mol. The summed E-state index contributed by atoms with van der Waals surface area (Å²) < 4.78 is 1.59. The highest BCUT2D eigenvalue weighted by Gasteiger charge is 2.33. The summed E-state index contributed by atoms with van der Waals surface area (Å²) in [6.07, 6.45) is 1.89. The first kappa shape index (κ1) is 14.0. The first-order valence-electron chi connectivity index (χ1n) is 5.72. The van der Waals surface area contributed by atoms with E-state index >= 15 is 0 Å². The molecule has 2 aromatic rings. The first-order valence-corrected chi connectivity index (χ1v) is 8.62. The van der Waals surface area contributed by atoms with Gasteiger partial charge in [0.25, 0.3) is 5.91 Å². The fourth-order valence-electron chi connectivity index (χ4n) is 1.80. The standard InChI is InChI=1S/C14H8BrNOS3/c15-9-6-11(19-8-9)7-12-13(17)16(14(18)20-12)10-4-2-1-3-5-10/h1-8H/b12-7+. The Morgan fingerprint density at radius 1 is 1.25 bits per heavy atom. The maximum atomic E-state index is 12.5. The van der Waals surface area contributed by atoms with Crippen LogP contribution < -0.4 is 4.90 Å². The number of para-hydroxylation sites is 1. The predicted octanol–water partition coefficient (Wildman–Crippen LogP) is 4.92. The molecule has 0 radical (unpaired) electrons. The van der Waals surface area contributed by atoms with Gasteiger partial charge in [-0.05, 0) is 40.2 Å². The molecule has 1 aliphatic rings. The van der Waals surface area contributed by atoms with Crippen LogP contribution in [0.3, 0.4) is 0 Å². The number of halogens is 1. The number of nitrogens with zero attached hydrogens (tertiary/aromatic N) is 1. The van der Waals surface area contributed by atoms with Crippen molar-refractivity contribution >= 4 is 73.2 Å². The molecule has 0 atom stereocenters. The molecule has 100 valence electrons. The number of carbonyl (C=O) groups excluding carboxylic acids is 1. The van der Waals surface area contributed by atoms with Crippen molar-refractivity contribution in [3.63, 3.8) is 0 Å². The lowest BCUT2D eigenvalue weighted by molar-refractivity contribution is -0.113. The lowest BCUT2D eigenvalue weighted by Crippen LogP contribution is -2.27. The second-order valence-electron chi connectivity index (χ2n) is 4.02. The summed E-state index contributed by atoms with van der Waals surface area (Å²) in [5.41, 5.74) is 0.811. The number of amides is 1. The molecule has 2 heterocycles. The summed E-state index contributed by atoms with van der Waals surface area (Å²) in [5, 5.41) is 1.99. The van der Waals surface area contributed by atoms with E-state index in [1.54, 1.807) is 16.2 Å². The Bertz CT molecular complexity index is 708. The lowest BCUT2D eigenvalue weighted by atomic mass is 10.3. The third-order valence-electron chi connectivity index (χ3n) is 2.67. The summed E-state index contributed by atoms with van der Waals surface area (Å²) in [5.74, 6) is -0.0595. The van der Waals surface area contributed by atoms with Gasteiger partial charge in [0.2, 0.25) is 0 Å². The van der Waals surface area contributed by atoms with Crippen LogP contribution in [-0.4, -0.2) is 10.2 Å². The molecule has 0 N–H and O–H groups in total. The van der Waals surface area contributed by atoms with E-state index in [-0.39, 0.29) is 5.91 Å². The summed E-state index contributed by atoms with van der Waals surface area (Å²) in [6, 6.07) is 11.5. The van der Waals surface area contributed by atoms with E-state index in [4.69, 9.17) is 12.2 Å². The van der Waals surface area contributed by atoms with Gasteiger partial charge in [-0.1, -0.05) is 42.2 Å². The number of carbonyl (C=O) groups is 1. The minimum Gasteiger partial charge on any atom is -0.268 e. The molecule has 0 bridgehead atoms. The molecule has 6 heteroatoms. The van der Waals surface area contributed by atoms with Crippen molar-refractivity contribution in [3.05, 3.63) is 56.0 Å². The minimum absolute atomic E-state index is 0.0595. The second kappa shape index (κ2) is 5.81. The molecule has 1 amide bonds. The molecule has 0 unspecified atom stereocenters. The largest absolute Gasteiger partial charge is 0.270 e. The third-order valence-corrected chi connectivity index (χ3v) is 5.61. The Morgan fingerprint density at radius 2 is 2.00 bits per heavy atom. The molecule has 0 spiro atoms. The highest BCUT2D eigenvalue weighted by atomic mass is 79.9. The molecule has 20 heavy (non-hydrogen) atoms. The van der Waals surface area contributed by atoms with Crippen LogP contribution in [0.1, 0.15) is 4.88 Å². The van der Waals surface area contributed by atoms with Gasteiger partial charge in [-0.15, -0.1) is 11.3 Å². The lowest BCUT2D eigenvalue weighted by Gasteiger charge is -2.13. The van der Waals surface area contributed by atoms with Crippen molar-refractivity contribution in [2.75, 3.05) is 4.90 Å². The molecular weight excluding hydrogens is 374 g/mol. The van der Waals surface area contributed by atoms with Gasteiger partial charge in [0.15, 0.2) is 4.32 Å². The number of hydrogen-bond acceptors (Lipinski definition) is 4. The molecule has 3 rings (SSSR count). The smallest absolute Gasteiger partial charge is 0.268 e. The van der Waals surface area contributed by atoms with Crippen LogP contribution in [-0.2, 0) is 4.79 Å². The Balaban J connectivity index is 1.93. The topological polar surface area (TPSA) is 20.3 Å². The van der Waals surface area contributed by atoms with Crippen molar-refractivity contribution in [2.45, 2.75) is 0 Å².